The topological polar surface area (TPSA) is 54.5 Å². The van der Waals surface area contributed by atoms with E-state index in [9.17, 15) is 4.79 Å². The van der Waals surface area contributed by atoms with Crippen LogP contribution in [0, 0.1) is 6.92 Å². The predicted octanol–water partition coefficient (Wildman–Crippen LogP) is 2.16. The van der Waals surface area contributed by atoms with Gasteiger partial charge in [-0.1, -0.05) is 0 Å². The van der Waals surface area contributed by atoms with Crippen LogP contribution in [0.15, 0.2) is 5.38 Å². The quantitative estimate of drug-likeness (QED) is 0.905. The van der Waals surface area contributed by atoms with Crippen molar-refractivity contribution in [1.29, 1.82) is 0 Å². The Balaban J connectivity index is 1.89. The fraction of sp³-hybridized carbons (Fsp3) is 0.692. The molecular formula is C13H21N3O2S. The number of urea groups is 1. The molecule has 1 aromatic rings. The first-order chi connectivity index (χ1) is 8.85. The van der Waals surface area contributed by atoms with Gasteiger partial charge in [-0.2, -0.15) is 0 Å². The number of thiazole rings is 1. The van der Waals surface area contributed by atoms with Crippen LogP contribution in [-0.2, 0) is 11.3 Å². The Hall–Kier alpha value is -1.14. The molecule has 2 heterocycles. The van der Waals surface area contributed by atoms with E-state index in [1.165, 1.54) is 0 Å². The van der Waals surface area contributed by atoms with E-state index in [2.05, 4.69) is 10.3 Å². The van der Waals surface area contributed by atoms with Crippen LogP contribution in [0.1, 0.15) is 31.5 Å². The van der Waals surface area contributed by atoms with E-state index in [-0.39, 0.29) is 17.7 Å². The second-order valence-electron chi connectivity index (χ2n) is 5.59. The summed E-state index contributed by atoms with van der Waals surface area (Å²) in [6.45, 7) is 9.69. The normalized spacial score (nSPS) is 22.3. The first kappa shape index (κ1) is 14.3. The number of morpholine rings is 1. The molecule has 1 unspecified atom stereocenters. The van der Waals surface area contributed by atoms with Crippen LogP contribution in [0.3, 0.4) is 0 Å². The van der Waals surface area contributed by atoms with Gasteiger partial charge in [-0.05, 0) is 27.7 Å². The van der Waals surface area contributed by atoms with Crippen LogP contribution in [0.4, 0.5) is 4.79 Å². The minimum atomic E-state index is -0.285. The Morgan fingerprint density at radius 1 is 1.68 bits per heavy atom. The van der Waals surface area contributed by atoms with Gasteiger partial charge >= 0.3 is 6.03 Å². The summed E-state index contributed by atoms with van der Waals surface area (Å²) in [6.07, 6.45) is 0.0658. The number of carbonyl (C=O) groups is 1. The SMILES string of the molecule is Cc1nc(CNC(=O)N2CC(C)OC(C)(C)C2)cs1. The van der Waals surface area contributed by atoms with E-state index in [0.717, 1.165) is 10.7 Å². The lowest BCUT2D eigenvalue weighted by Crippen LogP contribution is -2.56. The molecule has 5 nitrogen and oxygen atoms in total. The fourth-order valence-corrected chi connectivity index (χ4v) is 2.99. The largest absolute Gasteiger partial charge is 0.369 e. The number of ether oxygens (including phenoxy) is 1. The van der Waals surface area contributed by atoms with Crippen molar-refractivity contribution in [3.63, 3.8) is 0 Å². The van der Waals surface area contributed by atoms with Gasteiger partial charge in [0.25, 0.3) is 0 Å². The van der Waals surface area contributed by atoms with Gasteiger partial charge in [0.15, 0.2) is 0 Å². The fourth-order valence-electron chi connectivity index (χ4n) is 2.38. The third-order valence-electron chi connectivity index (χ3n) is 2.94. The van der Waals surface area contributed by atoms with Gasteiger partial charge in [0.05, 0.1) is 35.5 Å². The van der Waals surface area contributed by atoms with Crippen molar-refractivity contribution >= 4 is 17.4 Å². The minimum Gasteiger partial charge on any atom is -0.369 e. The van der Waals surface area contributed by atoms with E-state index < -0.39 is 0 Å². The van der Waals surface area contributed by atoms with E-state index in [1.54, 1.807) is 11.3 Å². The highest BCUT2D eigenvalue weighted by Gasteiger charge is 2.33. The average molecular weight is 283 g/mol. The van der Waals surface area contributed by atoms with Crippen LogP contribution in [0.2, 0.25) is 0 Å². The van der Waals surface area contributed by atoms with E-state index in [4.69, 9.17) is 4.74 Å². The molecule has 0 spiro atoms. The lowest BCUT2D eigenvalue weighted by Gasteiger charge is -2.41. The van der Waals surface area contributed by atoms with Gasteiger partial charge in [-0.25, -0.2) is 9.78 Å². The molecule has 0 aliphatic carbocycles. The van der Waals surface area contributed by atoms with Crippen LogP contribution in [-0.4, -0.2) is 40.7 Å². The summed E-state index contributed by atoms with van der Waals surface area (Å²) < 4.78 is 5.79. The Morgan fingerprint density at radius 2 is 2.42 bits per heavy atom. The summed E-state index contributed by atoms with van der Waals surface area (Å²) in [5.41, 5.74) is 0.628. The zero-order chi connectivity index (χ0) is 14.0. The van der Waals surface area contributed by atoms with Crippen molar-refractivity contribution in [3.05, 3.63) is 16.1 Å². The van der Waals surface area contributed by atoms with Gasteiger partial charge in [0.1, 0.15) is 0 Å². The molecule has 106 valence electrons. The monoisotopic (exact) mass is 283 g/mol. The number of rotatable bonds is 2. The standard InChI is InChI=1S/C13H21N3O2S/c1-9-6-16(8-13(3,4)18-9)12(17)14-5-11-7-19-10(2)15-11/h7,9H,5-6,8H2,1-4H3,(H,14,17). The van der Waals surface area contributed by atoms with Crippen molar-refractivity contribution < 1.29 is 9.53 Å². The second-order valence-corrected chi connectivity index (χ2v) is 6.65. The lowest BCUT2D eigenvalue weighted by molar-refractivity contribution is -0.117. The Morgan fingerprint density at radius 3 is 3.00 bits per heavy atom. The summed E-state index contributed by atoms with van der Waals surface area (Å²) >= 11 is 1.60. The second kappa shape index (κ2) is 5.46. The first-order valence-electron chi connectivity index (χ1n) is 6.47. The number of amides is 2. The van der Waals surface area contributed by atoms with Crippen molar-refractivity contribution in [2.45, 2.75) is 45.9 Å². The molecule has 0 bridgehead atoms. The number of hydrogen-bond donors (Lipinski definition) is 1. The molecule has 1 aliphatic rings. The van der Waals surface area contributed by atoms with E-state index >= 15 is 0 Å². The van der Waals surface area contributed by atoms with E-state index in [1.807, 2.05) is 38.0 Å². The molecule has 2 amide bonds. The molecule has 1 aromatic heterocycles. The van der Waals surface area contributed by atoms with Crippen LogP contribution < -0.4 is 5.32 Å². The van der Waals surface area contributed by atoms with Crippen LogP contribution in [0.25, 0.3) is 0 Å². The predicted molar refractivity (Wildman–Crippen MR) is 75.3 cm³/mol. The minimum absolute atomic E-state index is 0.0473. The highest BCUT2D eigenvalue weighted by molar-refractivity contribution is 7.09. The summed E-state index contributed by atoms with van der Waals surface area (Å²) in [6, 6.07) is -0.0473. The van der Waals surface area contributed by atoms with Crippen molar-refractivity contribution in [1.82, 2.24) is 15.2 Å². The van der Waals surface area contributed by atoms with E-state index in [0.29, 0.717) is 19.6 Å². The van der Waals surface area contributed by atoms with Gasteiger partial charge in [-0.3, -0.25) is 0 Å². The molecule has 1 saturated heterocycles. The summed E-state index contributed by atoms with van der Waals surface area (Å²) in [5, 5.41) is 5.91. The molecule has 0 saturated carbocycles. The highest BCUT2D eigenvalue weighted by Crippen LogP contribution is 2.20. The Bertz CT molecular complexity index is 458. The number of carbonyl (C=O) groups excluding carboxylic acids is 1. The number of aryl methyl sites for hydroxylation is 1. The molecule has 19 heavy (non-hydrogen) atoms. The molecule has 6 heteroatoms. The summed E-state index contributed by atoms with van der Waals surface area (Å²) in [7, 11) is 0. The Kier molecular flexibility index (Phi) is 4.10. The molecule has 2 rings (SSSR count). The maximum absolute atomic E-state index is 12.1. The third kappa shape index (κ3) is 3.91. The number of aromatic nitrogens is 1. The smallest absolute Gasteiger partial charge is 0.317 e. The Labute approximate surface area is 118 Å². The van der Waals surface area contributed by atoms with Crippen LogP contribution >= 0.6 is 11.3 Å². The van der Waals surface area contributed by atoms with Crippen molar-refractivity contribution in [2.24, 2.45) is 0 Å². The summed E-state index contributed by atoms with van der Waals surface area (Å²) in [5.74, 6) is 0. The highest BCUT2D eigenvalue weighted by atomic mass is 32.1. The average Bonchev–Trinajstić information content (AvgIpc) is 2.69. The van der Waals surface area contributed by atoms with Crippen LogP contribution in [0.5, 0.6) is 0 Å². The van der Waals surface area contributed by atoms with Crippen molar-refractivity contribution in [3.8, 4) is 0 Å². The molecular weight excluding hydrogens is 262 g/mol. The zero-order valence-corrected chi connectivity index (χ0v) is 12.7. The summed E-state index contributed by atoms with van der Waals surface area (Å²) in [4.78, 5) is 18.3. The molecule has 1 aliphatic heterocycles. The maximum Gasteiger partial charge on any atom is 0.317 e. The first-order valence-corrected chi connectivity index (χ1v) is 7.35. The van der Waals surface area contributed by atoms with Gasteiger partial charge in [0.2, 0.25) is 0 Å². The molecule has 0 aromatic carbocycles. The number of nitrogens with one attached hydrogen (secondary N) is 1. The van der Waals surface area contributed by atoms with Gasteiger partial charge in [-0.15, -0.1) is 11.3 Å². The lowest BCUT2D eigenvalue weighted by atomic mass is 10.1. The third-order valence-corrected chi connectivity index (χ3v) is 3.77. The van der Waals surface area contributed by atoms with Crippen molar-refractivity contribution in [2.75, 3.05) is 13.1 Å². The van der Waals surface area contributed by atoms with Gasteiger partial charge < -0.3 is 15.0 Å². The van der Waals surface area contributed by atoms with Gasteiger partial charge in [0, 0.05) is 11.9 Å². The molecule has 1 N–H and O–H groups in total. The number of nitrogens with zero attached hydrogens (tertiary/aromatic N) is 2. The molecule has 1 fully saturated rings. The molecule has 1 atom stereocenters. The maximum atomic E-state index is 12.1. The molecule has 0 radical (unpaired) electrons. The number of hydrogen-bond acceptors (Lipinski definition) is 4. The zero-order valence-electron chi connectivity index (χ0n) is 11.9.